The number of carbonyl (C=O) groups is 1. The Balaban J connectivity index is 1.56. The molecule has 2 heterocycles. The maximum atomic E-state index is 13.4. The Morgan fingerprint density at radius 1 is 1.12 bits per heavy atom. The molecule has 3 aromatic rings. The molecule has 2 aromatic heterocycles. The van der Waals surface area contributed by atoms with E-state index in [-0.39, 0.29) is 17.5 Å². The van der Waals surface area contributed by atoms with E-state index < -0.39 is 0 Å². The zero-order valence-corrected chi connectivity index (χ0v) is 20.0. The molecule has 1 aliphatic rings. The highest BCUT2D eigenvalue weighted by Crippen LogP contribution is 2.25. The Hall–Kier alpha value is -2.86. The second kappa shape index (κ2) is 10.4. The van der Waals surface area contributed by atoms with E-state index in [4.69, 9.17) is 4.74 Å². The van der Waals surface area contributed by atoms with Crippen molar-refractivity contribution in [2.45, 2.75) is 71.1 Å². The van der Waals surface area contributed by atoms with Gasteiger partial charge in [0.25, 0.3) is 11.5 Å². The summed E-state index contributed by atoms with van der Waals surface area (Å²) in [6, 6.07) is 10.2. The van der Waals surface area contributed by atoms with Gasteiger partial charge in [0.05, 0.1) is 22.6 Å². The summed E-state index contributed by atoms with van der Waals surface area (Å²) in [7, 11) is 1.74. The van der Waals surface area contributed by atoms with Crippen LogP contribution in [0.25, 0.3) is 10.9 Å². The Labute approximate surface area is 195 Å². The van der Waals surface area contributed by atoms with Crippen molar-refractivity contribution in [2.75, 3.05) is 6.61 Å². The fourth-order valence-corrected chi connectivity index (χ4v) is 4.89. The van der Waals surface area contributed by atoms with Crippen LogP contribution in [0.3, 0.4) is 0 Å². The molecular formula is C27H35N3O3. The molecule has 4 rings (SSSR count). The molecule has 176 valence electrons. The third-order valence-electron chi connectivity index (χ3n) is 6.67. The van der Waals surface area contributed by atoms with Crippen molar-refractivity contribution in [3.8, 4) is 0 Å². The number of benzene rings is 1. The number of carbonyl (C=O) groups excluding carboxylic acids is 1. The highest BCUT2D eigenvalue weighted by Gasteiger charge is 2.26. The molecule has 0 atom stereocenters. The van der Waals surface area contributed by atoms with Crippen LogP contribution in [0, 0.1) is 6.92 Å². The van der Waals surface area contributed by atoms with Crippen molar-refractivity contribution >= 4 is 16.8 Å². The van der Waals surface area contributed by atoms with Crippen LogP contribution in [0.4, 0.5) is 0 Å². The Morgan fingerprint density at radius 3 is 2.55 bits per heavy atom. The first kappa shape index (κ1) is 23.3. The minimum absolute atomic E-state index is 0.115. The van der Waals surface area contributed by atoms with Crippen molar-refractivity contribution in [1.82, 2.24) is 14.5 Å². The van der Waals surface area contributed by atoms with E-state index in [0.29, 0.717) is 23.6 Å². The average Bonchev–Trinajstić information content (AvgIpc) is 3.19. The van der Waals surface area contributed by atoms with Crippen LogP contribution in [0.5, 0.6) is 0 Å². The first-order valence-electron chi connectivity index (χ1n) is 12.1. The minimum Gasteiger partial charge on any atom is -0.378 e. The lowest BCUT2D eigenvalue weighted by atomic mass is 9.92. The summed E-state index contributed by atoms with van der Waals surface area (Å²) in [6.07, 6.45) is 9.96. The molecule has 1 N–H and O–H groups in total. The number of hydrogen-bond donors (Lipinski definition) is 1. The second-order valence-corrected chi connectivity index (χ2v) is 9.28. The van der Waals surface area contributed by atoms with Crippen LogP contribution in [0.1, 0.15) is 66.9 Å². The van der Waals surface area contributed by atoms with E-state index in [9.17, 15) is 9.59 Å². The molecule has 0 unspecified atom stereocenters. The number of nitrogens with one attached hydrogen (secondary N) is 1. The summed E-state index contributed by atoms with van der Waals surface area (Å²) in [4.78, 5) is 26.4. The number of aromatic nitrogens is 2. The Kier molecular flexibility index (Phi) is 7.33. The van der Waals surface area contributed by atoms with Gasteiger partial charge in [-0.1, -0.05) is 43.7 Å². The van der Waals surface area contributed by atoms with Crippen LogP contribution in [0.15, 0.2) is 47.5 Å². The molecule has 6 nitrogen and oxygen atoms in total. The lowest BCUT2D eigenvalue weighted by Crippen LogP contribution is -2.39. The van der Waals surface area contributed by atoms with Crippen LogP contribution >= 0.6 is 0 Å². The van der Waals surface area contributed by atoms with Gasteiger partial charge in [0.15, 0.2) is 0 Å². The van der Waals surface area contributed by atoms with Gasteiger partial charge in [0.1, 0.15) is 0 Å². The first-order chi connectivity index (χ1) is 16.0. The van der Waals surface area contributed by atoms with E-state index in [1.54, 1.807) is 11.6 Å². The number of hydrogen-bond acceptors (Lipinski definition) is 3. The number of amides is 1. The molecule has 1 amide bonds. The van der Waals surface area contributed by atoms with Gasteiger partial charge in [-0.3, -0.25) is 9.59 Å². The largest absolute Gasteiger partial charge is 0.378 e. The fourth-order valence-electron chi connectivity index (χ4n) is 4.89. The number of nitrogens with zero attached hydrogens (tertiary/aromatic N) is 2. The molecule has 0 aliphatic heterocycles. The summed E-state index contributed by atoms with van der Waals surface area (Å²) in [5, 5.41) is 3.70. The molecule has 0 spiro atoms. The van der Waals surface area contributed by atoms with Crippen molar-refractivity contribution < 1.29 is 9.53 Å². The molecular weight excluding hydrogens is 414 g/mol. The van der Waals surface area contributed by atoms with Gasteiger partial charge >= 0.3 is 0 Å². The summed E-state index contributed by atoms with van der Waals surface area (Å²) in [6.45, 7) is 5.59. The number of pyridine rings is 1. The van der Waals surface area contributed by atoms with Gasteiger partial charge in [0.2, 0.25) is 0 Å². The smallest absolute Gasteiger partial charge is 0.260 e. The molecule has 1 saturated carbocycles. The zero-order chi connectivity index (χ0) is 23.4. The molecule has 0 saturated heterocycles. The van der Waals surface area contributed by atoms with Crippen LogP contribution in [-0.2, 0) is 18.3 Å². The fraction of sp³-hybridized carbons (Fsp3) is 0.481. The number of rotatable bonds is 8. The average molecular weight is 450 g/mol. The van der Waals surface area contributed by atoms with Crippen molar-refractivity contribution in [3.63, 3.8) is 0 Å². The second-order valence-electron chi connectivity index (χ2n) is 9.28. The normalized spacial score (nSPS) is 18.5. The Morgan fingerprint density at radius 2 is 1.85 bits per heavy atom. The summed E-state index contributed by atoms with van der Waals surface area (Å²) in [5.41, 5.74) is 3.27. The quantitative estimate of drug-likeness (QED) is 0.513. The van der Waals surface area contributed by atoms with Crippen LogP contribution in [0.2, 0.25) is 0 Å². The van der Waals surface area contributed by atoms with Crippen LogP contribution in [-0.4, -0.2) is 33.8 Å². The van der Waals surface area contributed by atoms with E-state index >= 15 is 0 Å². The minimum atomic E-state index is -0.162. The number of unbranched alkanes of at least 4 members (excludes halogenated alkanes) is 1. The molecule has 1 aliphatic carbocycles. The van der Waals surface area contributed by atoms with Gasteiger partial charge in [0, 0.05) is 38.6 Å². The van der Waals surface area contributed by atoms with Gasteiger partial charge in [-0.2, -0.15) is 0 Å². The molecule has 0 bridgehead atoms. The third-order valence-corrected chi connectivity index (χ3v) is 6.67. The summed E-state index contributed by atoms with van der Waals surface area (Å²) in [5.74, 6) is -0.162. The first-order valence-corrected chi connectivity index (χ1v) is 12.1. The number of fused-ring (bicyclic) bond motifs is 1. The third kappa shape index (κ3) is 5.22. The van der Waals surface area contributed by atoms with Gasteiger partial charge < -0.3 is 19.2 Å². The molecule has 1 fully saturated rings. The highest BCUT2D eigenvalue weighted by molar-refractivity contribution is 6.07. The Bertz CT molecular complexity index is 1150. The van der Waals surface area contributed by atoms with E-state index in [1.807, 2.05) is 42.1 Å². The standard InChI is InChI=1S/C27H35N3O3/c1-4-5-15-33-22-13-11-21(12-14-22)28-26(31)23-18-30(17-20-9-7-6-8-10-20)25-19(2)16-29(3)27(32)24(23)25/h6-10,16,18,21-22H,4-5,11-15,17H2,1-3H3,(H,28,31)/t21-,22-. The number of ether oxygens (including phenoxy) is 1. The SMILES string of the molecule is CCCCO[C@H]1CC[C@H](NC(=O)c2cn(Cc3ccccc3)c3c(C)cn(C)c(=O)c23)CC1. The molecule has 33 heavy (non-hydrogen) atoms. The summed E-state index contributed by atoms with van der Waals surface area (Å²) >= 11 is 0. The van der Waals surface area contributed by atoms with E-state index in [0.717, 1.165) is 61.8 Å². The van der Waals surface area contributed by atoms with Crippen molar-refractivity contribution in [2.24, 2.45) is 7.05 Å². The van der Waals surface area contributed by atoms with Gasteiger partial charge in [-0.15, -0.1) is 0 Å². The van der Waals surface area contributed by atoms with Gasteiger partial charge in [-0.05, 0) is 50.2 Å². The predicted octanol–water partition coefficient (Wildman–Crippen LogP) is 4.55. The maximum Gasteiger partial charge on any atom is 0.260 e. The van der Waals surface area contributed by atoms with E-state index in [2.05, 4.69) is 24.4 Å². The highest BCUT2D eigenvalue weighted by atomic mass is 16.5. The predicted molar refractivity (Wildman–Crippen MR) is 132 cm³/mol. The maximum absolute atomic E-state index is 13.4. The monoisotopic (exact) mass is 449 g/mol. The van der Waals surface area contributed by atoms with E-state index in [1.165, 1.54) is 0 Å². The summed E-state index contributed by atoms with van der Waals surface area (Å²) < 4.78 is 9.57. The molecule has 1 aromatic carbocycles. The zero-order valence-electron chi connectivity index (χ0n) is 20.0. The van der Waals surface area contributed by atoms with Gasteiger partial charge in [-0.25, -0.2) is 0 Å². The topological polar surface area (TPSA) is 65.3 Å². The van der Waals surface area contributed by atoms with Crippen molar-refractivity contribution in [1.29, 1.82) is 0 Å². The van der Waals surface area contributed by atoms with Crippen LogP contribution < -0.4 is 10.9 Å². The lowest BCUT2D eigenvalue weighted by Gasteiger charge is -2.29. The number of aryl methyl sites for hydroxylation is 2. The lowest BCUT2D eigenvalue weighted by molar-refractivity contribution is 0.0209. The molecule has 6 heteroatoms. The molecule has 0 radical (unpaired) electrons. The van der Waals surface area contributed by atoms with Crippen molar-refractivity contribution in [3.05, 3.63) is 69.8 Å².